The van der Waals surface area contributed by atoms with Gasteiger partial charge in [0.05, 0.1) is 11.5 Å². The second kappa shape index (κ2) is 7.41. The number of halogens is 1. The molecule has 0 aliphatic rings. The van der Waals surface area contributed by atoms with Gasteiger partial charge >= 0.3 is 0 Å². The summed E-state index contributed by atoms with van der Waals surface area (Å²) in [5.74, 6) is -0.757. The van der Waals surface area contributed by atoms with Gasteiger partial charge in [-0.15, -0.1) is 0 Å². The third-order valence-electron chi connectivity index (χ3n) is 2.91. The maximum atomic E-state index is 12.4. The molecule has 1 rings (SSSR count). The standard InChI is InChI=1S/C15H20ClN3O4/c1-5-18(9-13(20)17-15(2,3)4)14(21)10-6-7-11(16)12(8-10)19(22)23/h6-8H,5,9H2,1-4H3,(H,17,20). The van der Waals surface area contributed by atoms with Crippen LogP contribution in [0.4, 0.5) is 5.69 Å². The highest BCUT2D eigenvalue weighted by Crippen LogP contribution is 2.25. The Morgan fingerprint density at radius 3 is 2.43 bits per heavy atom. The van der Waals surface area contributed by atoms with Crippen LogP contribution in [0.1, 0.15) is 38.1 Å². The average Bonchev–Trinajstić information content (AvgIpc) is 2.42. The highest BCUT2D eigenvalue weighted by molar-refractivity contribution is 6.32. The van der Waals surface area contributed by atoms with Crippen molar-refractivity contribution in [3.63, 3.8) is 0 Å². The zero-order valence-corrected chi connectivity index (χ0v) is 14.3. The quantitative estimate of drug-likeness (QED) is 0.658. The molecule has 0 fully saturated rings. The fourth-order valence-corrected chi connectivity index (χ4v) is 2.11. The van der Waals surface area contributed by atoms with Gasteiger partial charge in [-0.3, -0.25) is 19.7 Å². The summed E-state index contributed by atoms with van der Waals surface area (Å²) >= 11 is 5.74. The fourth-order valence-electron chi connectivity index (χ4n) is 1.93. The highest BCUT2D eigenvalue weighted by atomic mass is 35.5. The van der Waals surface area contributed by atoms with Crippen LogP contribution in [0.3, 0.4) is 0 Å². The lowest BCUT2D eigenvalue weighted by atomic mass is 10.1. The highest BCUT2D eigenvalue weighted by Gasteiger charge is 2.22. The summed E-state index contributed by atoms with van der Waals surface area (Å²) in [6.07, 6.45) is 0. The number of hydrogen-bond donors (Lipinski definition) is 1. The van der Waals surface area contributed by atoms with Crippen LogP contribution in [0.15, 0.2) is 18.2 Å². The molecule has 0 spiro atoms. The fraction of sp³-hybridized carbons (Fsp3) is 0.467. The largest absolute Gasteiger partial charge is 0.350 e. The van der Waals surface area contributed by atoms with Crippen LogP contribution in [-0.2, 0) is 4.79 Å². The first kappa shape index (κ1) is 18.9. The van der Waals surface area contributed by atoms with Crippen molar-refractivity contribution in [1.82, 2.24) is 10.2 Å². The van der Waals surface area contributed by atoms with Crippen LogP contribution in [0.2, 0.25) is 5.02 Å². The SMILES string of the molecule is CCN(CC(=O)NC(C)(C)C)C(=O)c1ccc(Cl)c([N+](=O)[O-])c1. The molecule has 1 aromatic carbocycles. The molecule has 0 unspecified atom stereocenters. The number of carbonyl (C=O) groups excluding carboxylic acids is 2. The van der Waals surface area contributed by atoms with Crippen molar-refractivity contribution in [2.24, 2.45) is 0 Å². The molecule has 0 saturated carbocycles. The summed E-state index contributed by atoms with van der Waals surface area (Å²) in [5, 5.41) is 13.6. The first-order chi connectivity index (χ1) is 10.5. The maximum absolute atomic E-state index is 12.4. The first-order valence-electron chi connectivity index (χ1n) is 7.09. The Bertz CT molecular complexity index is 626. The number of nitrogens with zero attached hydrogens (tertiary/aromatic N) is 2. The predicted octanol–water partition coefficient (Wildman–Crippen LogP) is 2.63. The molecule has 0 aliphatic carbocycles. The molecule has 0 atom stereocenters. The lowest BCUT2D eigenvalue weighted by Crippen LogP contribution is -2.47. The number of nitrogens with one attached hydrogen (secondary N) is 1. The summed E-state index contributed by atoms with van der Waals surface area (Å²) in [7, 11) is 0. The Hall–Kier alpha value is -2.15. The van der Waals surface area contributed by atoms with E-state index in [9.17, 15) is 19.7 Å². The number of likely N-dealkylation sites (N-methyl/N-ethyl adjacent to an activating group) is 1. The number of carbonyl (C=O) groups is 2. The number of nitro groups is 1. The monoisotopic (exact) mass is 341 g/mol. The lowest BCUT2D eigenvalue weighted by Gasteiger charge is -2.25. The van der Waals surface area contributed by atoms with Crippen molar-refractivity contribution >= 4 is 29.1 Å². The molecule has 0 heterocycles. The van der Waals surface area contributed by atoms with Gasteiger partial charge in [0.15, 0.2) is 0 Å². The molecule has 7 nitrogen and oxygen atoms in total. The Kier molecular flexibility index (Phi) is 6.09. The average molecular weight is 342 g/mol. The van der Waals surface area contributed by atoms with E-state index in [1.807, 2.05) is 20.8 Å². The molecule has 2 amide bonds. The van der Waals surface area contributed by atoms with Crippen LogP contribution in [0.25, 0.3) is 0 Å². The van der Waals surface area contributed by atoms with Gasteiger partial charge in [0.2, 0.25) is 5.91 Å². The van der Waals surface area contributed by atoms with E-state index >= 15 is 0 Å². The number of benzene rings is 1. The molecule has 0 aliphatic heterocycles. The van der Waals surface area contributed by atoms with Crippen molar-refractivity contribution in [2.75, 3.05) is 13.1 Å². The Labute approximate surface area is 139 Å². The van der Waals surface area contributed by atoms with Gasteiger partial charge < -0.3 is 10.2 Å². The summed E-state index contributed by atoms with van der Waals surface area (Å²) in [6, 6.07) is 3.83. The molecular weight excluding hydrogens is 322 g/mol. The van der Waals surface area contributed by atoms with E-state index in [0.29, 0.717) is 6.54 Å². The third kappa shape index (κ3) is 5.52. The molecule has 0 saturated heterocycles. The number of amides is 2. The van der Waals surface area contributed by atoms with Gasteiger partial charge in [0.1, 0.15) is 5.02 Å². The zero-order valence-electron chi connectivity index (χ0n) is 13.6. The van der Waals surface area contributed by atoms with Crippen LogP contribution in [-0.4, -0.2) is 40.3 Å². The second-order valence-electron chi connectivity index (χ2n) is 6.04. The van der Waals surface area contributed by atoms with Crippen molar-refractivity contribution in [3.8, 4) is 0 Å². The molecule has 126 valence electrons. The van der Waals surface area contributed by atoms with E-state index in [0.717, 1.165) is 6.07 Å². The Morgan fingerprint density at radius 2 is 1.96 bits per heavy atom. The maximum Gasteiger partial charge on any atom is 0.288 e. The van der Waals surface area contributed by atoms with E-state index in [1.54, 1.807) is 6.92 Å². The minimum atomic E-state index is -0.651. The number of nitro benzene ring substituents is 1. The van der Waals surface area contributed by atoms with Crippen LogP contribution >= 0.6 is 11.6 Å². The van der Waals surface area contributed by atoms with E-state index in [-0.39, 0.29) is 28.7 Å². The van der Waals surface area contributed by atoms with Crippen molar-refractivity contribution in [2.45, 2.75) is 33.2 Å². The molecule has 1 N–H and O–H groups in total. The van der Waals surface area contributed by atoms with Crippen LogP contribution in [0.5, 0.6) is 0 Å². The summed E-state index contributed by atoms with van der Waals surface area (Å²) in [6.45, 7) is 7.42. The molecule has 1 aromatic rings. The third-order valence-corrected chi connectivity index (χ3v) is 3.23. The smallest absolute Gasteiger partial charge is 0.288 e. The minimum absolute atomic E-state index is 0.0416. The minimum Gasteiger partial charge on any atom is -0.350 e. The molecule has 23 heavy (non-hydrogen) atoms. The van der Waals surface area contributed by atoms with Gasteiger partial charge in [-0.05, 0) is 39.8 Å². The van der Waals surface area contributed by atoms with E-state index in [1.165, 1.54) is 17.0 Å². The first-order valence-corrected chi connectivity index (χ1v) is 7.47. The lowest BCUT2D eigenvalue weighted by molar-refractivity contribution is -0.384. The van der Waals surface area contributed by atoms with Crippen LogP contribution in [0, 0.1) is 10.1 Å². The molecular formula is C15H20ClN3O4. The number of hydrogen-bond acceptors (Lipinski definition) is 4. The molecule has 8 heteroatoms. The molecule has 0 aromatic heterocycles. The van der Waals surface area contributed by atoms with E-state index in [4.69, 9.17) is 11.6 Å². The summed E-state index contributed by atoms with van der Waals surface area (Å²) in [4.78, 5) is 36.0. The van der Waals surface area contributed by atoms with E-state index < -0.39 is 16.4 Å². The molecule has 0 radical (unpaired) electrons. The predicted molar refractivity (Wildman–Crippen MR) is 87.6 cm³/mol. The normalized spacial score (nSPS) is 11.0. The number of rotatable bonds is 5. The summed E-state index contributed by atoms with van der Waals surface area (Å²) < 4.78 is 0. The van der Waals surface area contributed by atoms with Crippen molar-refractivity contribution < 1.29 is 14.5 Å². The Balaban J connectivity index is 2.95. The van der Waals surface area contributed by atoms with Crippen molar-refractivity contribution in [1.29, 1.82) is 0 Å². The Morgan fingerprint density at radius 1 is 1.35 bits per heavy atom. The second-order valence-corrected chi connectivity index (χ2v) is 6.45. The van der Waals surface area contributed by atoms with Gasteiger partial charge in [-0.25, -0.2) is 0 Å². The van der Waals surface area contributed by atoms with Gasteiger partial charge in [-0.1, -0.05) is 11.6 Å². The van der Waals surface area contributed by atoms with Crippen LogP contribution < -0.4 is 5.32 Å². The van der Waals surface area contributed by atoms with Crippen molar-refractivity contribution in [3.05, 3.63) is 38.9 Å². The van der Waals surface area contributed by atoms with E-state index in [2.05, 4.69) is 5.32 Å². The zero-order chi connectivity index (χ0) is 17.8. The summed E-state index contributed by atoms with van der Waals surface area (Å²) in [5.41, 5.74) is -0.627. The topological polar surface area (TPSA) is 92.6 Å². The van der Waals surface area contributed by atoms with Gasteiger partial charge in [0.25, 0.3) is 11.6 Å². The van der Waals surface area contributed by atoms with Gasteiger partial charge in [-0.2, -0.15) is 0 Å². The molecule has 0 bridgehead atoms. The van der Waals surface area contributed by atoms with Gasteiger partial charge in [0, 0.05) is 23.7 Å².